The van der Waals surface area contributed by atoms with Gasteiger partial charge in [0.25, 0.3) is 7.52 Å². The molecule has 0 saturated heterocycles. The standard InChI is InChI=1S/C7H18NO2P/c1-5-6-8-11(9,10-4)7(2)3/h7H,5-6H2,1-4H3,(H,8,9). The van der Waals surface area contributed by atoms with Gasteiger partial charge in [-0.15, -0.1) is 0 Å². The predicted molar refractivity (Wildman–Crippen MR) is 48.0 cm³/mol. The van der Waals surface area contributed by atoms with Crippen molar-refractivity contribution < 1.29 is 9.09 Å². The van der Waals surface area contributed by atoms with Gasteiger partial charge in [-0.1, -0.05) is 20.8 Å². The highest BCUT2D eigenvalue weighted by Crippen LogP contribution is 2.46. The molecule has 0 amide bonds. The van der Waals surface area contributed by atoms with Crippen LogP contribution in [-0.4, -0.2) is 19.3 Å². The predicted octanol–water partition coefficient (Wildman–Crippen LogP) is 2.23. The average Bonchev–Trinajstić information content (AvgIpc) is 2.00. The van der Waals surface area contributed by atoms with E-state index in [0.29, 0.717) is 0 Å². The quantitative estimate of drug-likeness (QED) is 0.658. The van der Waals surface area contributed by atoms with Crippen LogP contribution >= 0.6 is 7.52 Å². The molecule has 0 rings (SSSR count). The molecule has 1 unspecified atom stereocenters. The molecule has 0 aromatic carbocycles. The third-order valence-electron chi connectivity index (χ3n) is 1.53. The SMILES string of the molecule is CCCNP(=O)(OC)C(C)C. The maximum absolute atomic E-state index is 11.7. The van der Waals surface area contributed by atoms with Gasteiger partial charge in [-0.25, -0.2) is 5.09 Å². The second-order valence-corrected chi connectivity index (χ2v) is 5.69. The second kappa shape index (κ2) is 4.91. The molecule has 68 valence electrons. The summed E-state index contributed by atoms with van der Waals surface area (Å²) in [6, 6.07) is 0. The zero-order chi connectivity index (χ0) is 8.91. The summed E-state index contributed by atoms with van der Waals surface area (Å²) in [5, 5.41) is 2.93. The Labute approximate surface area is 69.0 Å². The lowest BCUT2D eigenvalue weighted by atomic mass is 10.5. The lowest BCUT2D eigenvalue weighted by Crippen LogP contribution is -2.18. The van der Waals surface area contributed by atoms with E-state index in [1.807, 2.05) is 20.8 Å². The van der Waals surface area contributed by atoms with E-state index >= 15 is 0 Å². The van der Waals surface area contributed by atoms with Crippen LogP contribution in [-0.2, 0) is 9.09 Å². The molecule has 3 nitrogen and oxygen atoms in total. The van der Waals surface area contributed by atoms with Gasteiger partial charge in [-0.05, 0) is 6.42 Å². The van der Waals surface area contributed by atoms with Crippen LogP contribution < -0.4 is 5.09 Å². The first-order chi connectivity index (χ1) is 5.06. The Morgan fingerprint density at radius 2 is 2.09 bits per heavy atom. The molecule has 11 heavy (non-hydrogen) atoms. The van der Waals surface area contributed by atoms with Crippen molar-refractivity contribution in [3.63, 3.8) is 0 Å². The number of rotatable bonds is 5. The topological polar surface area (TPSA) is 38.3 Å². The third kappa shape index (κ3) is 3.37. The Bertz CT molecular complexity index is 147. The van der Waals surface area contributed by atoms with Gasteiger partial charge in [0.05, 0.1) is 0 Å². The van der Waals surface area contributed by atoms with Crippen LogP contribution in [0.15, 0.2) is 0 Å². The molecule has 0 aliphatic carbocycles. The van der Waals surface area contributed by atoms with Crippen LogP contribution in [0, 0.1) is 0 Å². The van der Waals surface area contributed by atoms with Crippen LogP contribution in [0.3, 0.4) is 0 Å². The summed E-state index contributed by atoms with van der Waals surface area (Å²) in [6.45, 7) is 6.58. The molecule has 0 aromatic heterocycles. The van der Waals surface area contributed by atoms with Gasteiger partial charge in [0.15, 0.2) is 0 Å². The van der Waals surface area contributed by atoms with Crippen molar-refractivity contribution in [2.24, 2.45) is 0 Å². The molecule has 0 aromatic rings. The molecule has 0 aliphatic rings. The highest BCUT2D eigenvalue weighted by atomic mass is 31.2. The van der Waals surface area contributed by atoms with Crippen molar-refractivity contribution in [2.45, 2.75) is 32.9 Å². The fourth-order valence-corrected chi connectivity index (χ4v) is 2.18. The summed E-state index contributed by atoms with van der Waals surface area (Å²) >= 11 is 0. The van der Waals surface area contributed by atoms with Gasteiger partial charge < -0.3 is 4.52 Å². The summed E-state index contributed by atoms with van der Waals surface area (Å²) in [7, 11) is -1.05. The number of hydrogen-bond donors (Lipinski definition) is 1. The zero-order valence-electron chi connectivity index (χ0n) is 7.76. The Balaban J connectivity index is 4.01. The maximum Gasteiger partial charge on any atom is 0.271 e. The van der Waals surface area contributed by atoms with Crippen molar-refractivity contribution in [2.75, 3.05) is 13.7 Å². The monoisotopic (exact) mass is 179 g/mol. The Hall–Kier alpha value is 0.150. The van der Waals surface area contributed by atoms with Crippen molar-refractivity contribution >= 4 is 7.52 Å². The molecule has 0 aliphatic heterocycles. The second-order valence-electron chi connectivity index (χ2n) is 2.78. The van der Waals surface area contributed by atoms with Crippen LogP contribution in [0.4, 0.5) is 0 Å². The van der Waals surface area contributed by atoms with E-state index in [0.717, 1.165) is 13.0 Å². The molecular weight excluding hydrogens is 161 g/mol. The third-order valence-corrected chi connectivity index (χ3v) is 4.10. The van der Waals surface area contributed by atoms with E-state index < -0.39 is 7.52 Å². The van der Waals surface area contributed by atoms with E-state index in [9.17, 15) is 4.57 Å². The first-order valence-electron chi connectivity index (χ1n) is 3.97. The van der Waals surface area contributed by atoms with Crippen molar-refractivity contribution in [3.8, 4) is 0 Å². The molecular formula is C7H18NO2P. The molecule has 0 bridgehead atoms. The smallest absolute Gasteiger partial charge is 0.271 e. The first kappa shape index (κ1) is 11.2. The van der Waals surface area contributed by atoms with Crippen LogP contribution in [0.25, 0.3) is 0 Å². The van der Waals surface area contributed by atoms with Gasteiger partial charge in [-0.2, -0.15) is 0 Å². The van der Waals surface area contributed by atoms with E-state index in [1.54, 1.807) is 0 Å². The van der Waals surface area contributed by atoms with Gasteiger partial charge in [0.1, 0.15) is 0 Å². The van der Waals surface area contributed by atoms with Crippen molar-refractivity contribution in [1.29, 1.82) is 0 Å². The van der Waals surface area contributed by atoms with Crippen molar-refractivity contribution in [1.82, 2.24) is 5.09 Å². The molecule has 0 saturated carbocycles. The molecule has 1 N–H and O–H groups in total. The zero-order valence-corrected chi connectivity index (χ0v) is 8.65. The van der Waals surface area contributed by atoms with Gasteiger partial charge >= 0.3 is 0 Å². The highest BCUT2D eigenvalue weighted by Gasteiger charge is 2.24. The van der Waals surface area contributed by atoms with Crippen molar-refractivity contribution in [3.05, 3.63) is 0 Å². The summed E-state index contributed by atoms with van der Waals surface area (Å²) < 4.78 is 16.7. The fourth-order valence-electron chi connectivity index (χ4n) is 0.726. The van der Waals surface area contributed by atoms with E-state index in [1.165, 1.54) is 7.11 Å². The minimum atomic E-state index is -2.54. The molecule has 4 heteroatoms. The van der Waals surface area contributed by atoms with E-state index in [2.05, 4.69) is 5.09 Å². The summed E-state index contributed by atoms with van der Waals surface area (Å²) in [5.41, 5.74) is 0.0547. The number of nitrogens with one attached hydrogen (secondary N) is 1. The van der Waals surface area contributed by atoms with E-state index in [4.69, 9.17) is 4.52 Å². The summed E-state index contributed by atoms with van der Waals surface area (Å²) in [5.74, 6) is 0. The minimum absolute atomic E-state index is 0.0547. The average molecular weight is 179 g/mol. The normalized spacial score (nSPS) is 16.8. The van der Waals surface area contributed by atoms with Gasteiger partial charge in [0, 0.05) is 19.3 Å². The van der Waals surface area contributed by atoms with Gasteiger partial charge in [0.2, 0.25) is 0 Å². The van der Waals surface area contributed by atoms with Crippen LogP contribution in [0.5, 0.6) is 0 Å². The molecule has 1 atom stereocenters. The first-order valence-corrected chi connectivity index (χ1v) is 5.66. The lowest BCUT2D eigenvalue weighted by Gasteiger charge is -2.20. The lowest BCUT2D eigenvalue weighted by molar-refractivity contribution is 0.374. The fraction of sp³-hybridized carbons (Fsp3) is 1.00. The van der Waals surface area contributed by atoms with Crippen LogP contribution in [0.2, 0.25) is 0 Å². The Kier molecular flexibility index (Phi) is 4.98. The van der Waals surface area contributed by atoms with Crippen LogP contribution in [0.1, 0.15) is 27.2 Å². The maximum atomic E-state index is 11.7. The van der Waals surface area contributed by atoms with Gasteiger partial charge in [-0.3, -0.25) is 4.57 Å². The Morgan fingerprint density at radius 1 is 1.55 bits per heavy atom. The molecule has 0 fully saturated rings. The highest BCUT2D eigenvalue weighted by molar-refractivity contribution is 7.57. The summed E-state index contributed by atoms with van der Waals surface area (Å²) in [4.78, 5) is 0. The summed E-state index contributed by atoms with van der Waals surface area (Å²) in [6.07, 6.45) is 0.972. The Morgan fingerprint density at radius 3 is 2.36 bits per heavy atom. The molecule has 0 spiro atoms. The molecule has 0 heterocycles. The van der Waals surface area contributed by atoms with E-state index in [-0.39, 0.29) is 5.66 Å². The molecule has 0 radical (unpaired) electrons. The minimum Gasteiger partial charge on any atom is -0.321 e. The largest absolute Gasteiger partial charge is 0.321 e. The number of hydrogen-bond acceptors (Lipinski definition) is 2.